The number of aliphatic hydroxyl groups is 1. The Kier molecular flexibility index (Phi) is 5.65. The molecule has 8 heteroatoms. The Labute approximate surface area is 178 Å². The summed E-state index contributed by atoms with van der Waals surface area (Å²) in [5.74, 6) is -0.579. The standard InChI is InChI=1S/C22H20ClNO6/c1-28-9-8-24-19(14-4-7-16-17(12-14)30-11-10-29-16)18(21(26)22(24)27)20(25)13-2-5-15(23)6-3-13/h2-7,12,19,25H,8-11H2,1H3/b20-18-. The van der Waals surface area contributed by atoms with Crippen LogP contribution >= 0.6 is 11.6 Å². The fourth-order valence-electron chi connectivity index (χ4n) is 3.64. The molecule has 156 valence electrons. The molecular weight excluding hydrogens is 410 g/mol. The van der Waals surface area contributed by atoms with Crippen LogP contribution in [-0.4, -0.2) is 55.2 Å². The second-order valence-corrected chi connectivity index (χ2v) is 7.33. The normalized spacial score (nSPS) is 19.9. The predicted molar refractivity (Wildman–Crippen MR) is 110 cm³/mol. The van der Waals surface area contributed by atoms with Crippen LogP contribution in [0.3, 0.4) is 0 Å². The van der Waals surface area contributed by atoms with Crippen molar-refractivity contribution in [2.45, 2.75) is 6.04 Å². The summed E-state index contributed by atoms with van der Waals surface area (Å²) in [6.07, 6.45) is 0. The molecule has 1 amide bonds. The van der Waals surface area contributed by atoms with Gasteiger partial charge in [-0.25, -0.2) is 0 Å². The van der Waals surface area contributed by atoms with Crippen molar-refractivity contribution in [2.75, 3.05) is 33.5 Å². The third-order valence-corrected chi connectivity index (χ3v) is 5.33. The van der Waals surface area contributed by atoms with Crippen molar-refractivity contribution in [1.82, 2.24) is 4.90 Å². The maximum atomic E-state index is 12.9. The minimum atomic E-state index is -0.786. The molecule has 0 aromatic heterocycles. The number of likely N-dealkylation sites (tertiary alicyclic amines) is 1. The molecule has 1 N–H and O–H groups in total. The first kappa shape index (κ1) is 20.3. The molecule has 4 rings (SSSR count). The Hall–Kier alpha value is -3.03. The predicted octanol–water partition coefficient (Wildman–Crippen LogP) is 3.18. The van der Waals surface area contributed by atoms with Gasteiger partial charge in [0.05, 0.1) is 18.2 Å². The van der Waals surface area contributed by atoms with Crippen LogP contribution in [0.5, 0.6) is 11.5 Å². The average Bonchev–Trinajstić information content (AvgIpc) is 3.02. The van der Waals surface area contributed by atoms with E-state index in [9.17, 15) is 14.7 Å². The molecule has 30 heavy (non-hydrogen) atoms. The molecule has 2 aromatic rings. The van der Waals surface area contributed by atoms with Crippen LogP contribution in [0.15, 0.2) is 48.0 Å². The zero-order chi connectivity index (χ0) is 21.3. The summed E-state index contributed by atoms with van der Waals surface area (Å²) in [6.45, 7) is 1.30. The van der Waals surface area contributed by atoms with Gasteiger partial charge in [-0.05, 0) is 42.0 Å². The first-order valence-corrected chi connectivity index (χ1v) is 9.82. The molecule has 1 saturated heterocycles. The van der Waals surface area contributed by atoms with Gasteiger partial charge in [-0.15, -0.1) is 0 Å². The van der Waals surface area contributed by atoms with Crippen molar-refractivity contribution in [3.63, 3.8) is 0 Å². The van der Waals surface area contributed by atoms with Crippen LogP contribution in [-0.2, 0) is 14.3 Å². The average molecular weight is 430 g/mol. The van der Waals surface area contributed by atoms with Gasteiger partial charge in [0.1, 0.15) is 19.0 Å². The Morgan fingerprint density at radius 3 is 2.53 bits per heavy atom. The SMILES string of the molecule is COCCN1C(=O)C(=O)/C(=C(\O)c2ccc(Cl)cc2)C1c1ccc2c(c1)OCCO2. The summed E-state index contributed by atoms with van der Waals surface area (Å²) in [5.41, 5.74) is 1.03. The molecule has 0 aliphatic carbocycles. The highest BCUT2D eigenvalue weighted by molar-refractivity contribution is 6.46. The molecule has 0 bridgehead atoms. The van der Waals surface area contributed by atoms with Crippen LogP contribution < -0.4 is 9.47 Å². The van der Waals surface area contributed by atoms with Crippen molar-refractivity contribution in [3.8, 4) is 11.5 Å². The summed E-state index contributed by atoms with van der Waals surface area (Å²) in [7, 11) is 1.52. The van der Waals surface area contributed by atoms with Crippen molar-refractivity contribution >= 4 is 29.1 Å². The number of Topliss-reactive ketones (excluding diaryl/α,β-unsaturated/α-hetero) is 1. The lowest BCUT2D eigenvalue weighted by molar-refractivity contribution is -0.140. The van der Waals surface area contributed by atoms with E-state index in [0.29, 0.717) is 40.9 Å². The monoisotopic (exact) mass is 429 g/mol. The van der Waals surface area contributed by atoms with Crippen LogP contribution in [0.25, 0.3) is 5.76 Å². The van der Waals surface area contributed by atoms with E-state index in [4.69, 9.17) is 25.8 Å². The molecular formula is C22H20ClNO6. The lowest BCUT2D eigenvalue weighted by Crippen LogP contribution is -2.32. The molecule has 1 unspecified atom stereocenters. The molecule has 0 radical (unpaired) electrons. The summed E-state index contributed by atoms with van der Waals surface area (Å²) in [4.78, 5) is 27.1. The molecule has 2 aliphatic heterocycles. The second kappa shape index (κ2) is 8.38. The molecule has 0 spiro atoms. The van der Waals surface area contributed by atoms with E-state index in [1.807, 2.05) is 0 Å². The fourth-order valence-corrected chi connectivity index (χ4v) is 3.77. The van der Waals surface area contributed by atoms with E-state index in [-0.39, 0.29) is 24.5 Å². The van der Waals surface area contributed by atoms with Gasteiger partial charge >= 0.3 is 0 Å². The smallest absolute Gasteiger partial charge is 0.295 e. The number of ketones is 1. The number of hydrogen-bond acceptors (Lipinski definition) is 6. The Morgan fingerprint density at radius 2 is 1.83 bits per heavy atom. The van der Waals surface area contributed by atoms with Gasteiger partial charge < -0.3 is 24.2 Å². The van der Waals surface area contributed by atoms with E-state index < -0.39 is 17.7 Å². The molecule has 2 aromatic carbocycles. The Balaban J connectivity index is 1.84. The van der Waals surface area contributed by atoms with Gasteiger partial charge in [0.2, 0.25) is 0 Å². The van der Waals surface area contributed by atoms with Crippen molar-refractivity contribution in [2.24, 2.45) is 0 Å². The highest BCUT2D eigenvalue weighted by atomic mass is 35.5. The zero-order valence-electron chi connectivity index (χ0n) is 16.3. The quantitative estimate of drug-likeness (QED) is 0.446. The molecule has 0 saturated carbocycles. The third-order valence-electron chi connectivity index (χ3n) is 5.08. The molecule has 2 aliphatic rings. The number of halogens is 1. The highest BCUT2D eigenvalue weighted by Crippen LogP contribution is 2.42. The van der Waals surface area contributed by atoms with Crippen LogP contribution in [0.1, 0.15) is 17.2 Å². The van der Waals surface area contributed by atoms with E-state index in [2.05, 4.69) is 0 Å². The minimum absolute atomic E-state index is 0.00935. The molecule has 2 heterocycles. The molecule has 7 nitrogen and oxygen atoms in total. The van der Waals surface area contributed by atoms with Crippen molar-refractivity contribution < 1.29 is 28.9 Å². The van der Waals surface area contributed by atoms with Crippen LogP contribution in [0.4, 0.5) is 0 Å². The van der Waals surface area contributed by atoms with E-state index >= 15 is 0 Å². The zero-order valence-corrected chi connectivity index (χ0v) is 17.0. The number of benzene rings is 2. The Bertz CT molecular complexity index is 1020. The fraction of sp³-hybridized carbons (Fsp3) is 0.273. The number of rotatable bonds is 5. The molecule has 1 fully saturated rings. The van der Waals surface area contributed by atoms with Gasteiger partial charge in [-0.3, -0.25) is 9.59 Å². The highest BCUT2D eigenvalue weighted by Gasteiger charge is 2.46. The Morgan fingerprint density at radius 1 is 1.13 bits per heavy atom. The van der Waals surface area contributed by atoms with Gasteiger partial charge in [0.25, 0.3) is 11.7 Å². The van der Waals surface area contributed by atoms with E-state index in [0.717, 1.165) is 0 Å². The number of amides is 1. The number of fused-ring (bicyclic) bond motifs is 1. The number of carbonyl (C=O) groups excluding carboxylic acids is 2. The number of hydrogen-bond donors (Lipinski definition) is 1. The largest absolute Gasteiger partial charge is 0.507 e. The van der Waals surface area contributed by atoms with Crippen molar-refractivity contribution in [3.05, 3.63) is 64.2 Å². The van der Waals surface area contributed by atoms with E-state index in [1.54, 1.807) is 42.5 Å². The first-order chi connectivity index (χ1) is 14.5. The van der Waals surface area contributed by atoms with Gasteiger partial charge in [0, 0.05) is 24.2 Å². The maximum Gasteiger partial charge on any atom is 0.295 e. The maximum absolute atomic E-state index is 12.9. The van der Waals surface area contributed by atoms with Crippen LogP contribution in [0, 0.1) is 0 Å². The lowest BCUT2D eigenvalue weighted by Gasteiger charge is -2.26. The van der Waals surface area contributed by atoms with E-state index in [1.165, 1.54) is 12.0 Å². The number of carbonyl (C=O) groups is 2. The summed E-state index contributed by atoms with van der Waals surface area (Å²) >= 11 is 5.93. The lowest BCUT2D eigenvalue weighted by atomic mass is 9.95. The van der Waals surface area contributed by atoms with Crippen LogP contribution in [0.2, 0.25) is 5.02 Å². The molecule has 1 atom stereocenters. The minimum Gasteiger partial charge on any atom is -0.507 e. The first-order valence-electron chi connectivity index (χ1n) is 9.44. The summed E-state index contributed by atoms with van der Waals surface area (Å²) < 4.78 is 16.3. The summed E-state index contributed by atoms with van der Waals surface area (Å²) in [5, 5.41) is 11.5. The van der Waals surface area contributed by atoms with Crippen molar-refractivity contribution in [1.29, 1.82) is 0 Å². The third kappa shape index (κ3) is 3.62. The van der Waals surface area contributed by atoms with Gasteiger partial charge in [-0.1, -0.05) is 17.7 Å². The number of ether oxygens (including phenoxy) is 3. The number of aliphatic hydroxyl groups excluding tert-OH is 1. The van der Waals surface area contributed by atoms with Gasteiger partial charge in [-0.2, -0.15) is 0 Å². The summed E-state index contributed by atoms with van der Waals surface area (Å²) in [6, 6.07) is 10.9. The number of methoxy groups -OCH3 is 1. The number of nitrogens with zero attached hydrogens (tertiary/aromatic N) is 1. The topological polar surface area (TPSA) is 85.3 Å². The van der Waals surface area contributed by atoms with Gasteiger partial charge in [0.15, 0.2) is 11.5 Å². The second-order valence-electron chi connectivity index (χ2n) is 6.90.